The van der Waals surface area contributed by atoms with Crippen molar-refractivity contribution in [3.8, 4) is 0 Å². The number of amides is 1. The van der Waals surface area contributed by atoms with Crippen LogP contribution in [0.1, 0.15) is 5.56 Å². The highest BCUT2D eigenvalue weighted by Crippen LogP contribution is 2.36. The number of carbonyl (C=O) groups is 1. The van der Waals surface area contributed by atoms with E-state index in [4.69, 9.17) is 12.2 Å². The van der Waals surface area contributed by atoms with Gasteiger partial charge in [-0.2, -0.15) is 0 Å². The Hall–Kier alpha value is -2.96. The normalized spacial score (nSPS) is 15.2. The molecule has 1 amide bonds. The molecular formula is C23H17FN2OS2. The lowest BCUT2D eigenvalue weighted by molar-refractivity contribution is -0.113. The monoisotopic (exact) mass is 420 g/mol. The molecule has 3 nitrogen and oxygen atoms in total. The molecule has 29 heavy (non-hydrogen) atoms. The van der Waals surface area contributed by atoms with Crippen molar-refractivity contribution in [2.45, 2.75) is 0 Å². The Labute approximate surface area is 178 Å². The summed E-state index contributed by atoms with van der Waals surface area (Å²) in [6.45, 7) is 0. The molecule has 3 aromatic rings. The first-order chi connectivity index (χ1) is 14.0. The summed E-state index contributed by atoms with van der Waals surface area (Å²) in [5, 5.41) is 0. The third-order valence-electron chi connectivity index (χ3n) is 4.58. The first-order valence-corrected chi connectivity index (χ1v) is 10.2. The van der Waals surface area contributed by atoms with Gasteiger partial charge in [0, 0.05) is 18.4 Å². The summed E-state index contributed by atoms with van der Waals surface area (Å²) in [4.78, 5) is 16.8. The van der Waals surface area contributed by atoms with Crippen LogP contribution in [0.5, 0.6) is 0 Å². The van der Waals surface area contributed by atoms with E-state index in [0.29, 0.717) is 14.9 Å². The SMILES string of the molecule is CN(c1ccccc1)c1ccc(/C=C2\SC(=S)N(c3cccc(F)c3)C2=O)cc1. The minimum Gasteiger partial charge on any atom is -0.345 e. The minimum absolute atomic E-state index is 0.240. The van der Waals surface area contributed by atoms with Gasteiger partial charge in [0.1, 0.15) is 5.82 Å². The van der Waals surface area contributed by atoms with E-state index in [1.807, 2.05) is 67.7 Å². The van der Waals surface area contributed by atoms with Crippen molar-refractivity contribution >= 4 is 57.3 Å². The van der Waals surface area contributed by atoms with Crippen molar-refractivity contribution < 1.29 is 9.18 Å². The van der Waals surface area contributed by atoms with Gasteiger partial charge in [-0.1, -0.05) is 60.4 Å². The van der Waals surface area contributed by atoms with Crippen LogP contribution >= 0.6 is 24.0 Å². The molecular weight excluding hydrogens is 403 g/mol. The van der Waals surface area contributed by atoms with Gasteiger partial charge < -0.3 is 4.90 Å². The van der Waals surface area contributed by atoms with Crippen molar-refractivity contribution in [2.75, 3.05) is 16.8 Å². The zero-order valence-corrected chi connectivity index (χ0v) is 17.2. The molecule has 0 N–H and O–H groups in total. The lowest BCUT2D eigenvalue weighted by Gasteiger charge is -2.19. The van der Waals surface area contributed by atoms with Crippen molar-refractivity contribution in [3.63, 3.8) is 0 Å². The summed E-state index contributed by atoms with van der Waals surface area (Å²) >= 11 is 6.56. The van der Waals surface area contributed by atoms with Gasteiger partial charge in [-0.05, 0) is 54.1 Å². The molecule has 1 fully saturated rings. The van der Waals surface area contributed by atoms with Gasteiger partial charge in [-0.15, -0.1) is 0 Å². The summed E-state index contributed by atoms with van der Waals surface area (Å²) in [5.74, 6) is -0.644. The summed E-state index contributed by atoms with van der Waals surface area (Å²) in [6, 6.07) is 23.9. The second-order valence-electron chi connectivity index (χ2n) is 6.48. The van der Waals surface area contributed by atoms with Gasteiger partial charge in [0.15, 0.2) is 4.32 Å². The predicted octanol–water partition coefficient (Wildman–Crippen LogP) is 6.00. The van der Waals surface area contributed by atoms with Crippen LogP contribution in [-0.4, -0.2) is 17.3 Å². The zero-order valence-electron chi connectivity index (χ0n) is 15.6. The van der Waals surface area contributed by atoms with Crippen LogP contribution < -0.4 is 9.80 Å². The number of rotatable bonds is 4. The molecule has 1 aliphatic heterocycles. The van der Waals surface area contributed by atoms with Crippen LogP contribution in [0.15, 0.2) is 83.8 Å². The summed E-state index contributed by atoms with van der Waals surface area (Å²) in [7, 11) is 2.01. The van der Waals surface area contributed by atoms with Crippen molar-refractivity contribution in [1.29, 1.82) is 0 Å². The Morgan fingerprint density at radius 2 is 1.66 bits per heavy atom. The van der Waals surface area contributed by atoms with E-state index in [9.17, 15) is 9.18 Å². The molecule has 4 rings (SSSR count). The lowest BCUT2D eigenvalue weighted by Crippen LogP contribution is -2.27. The smallest absolute Gasteiger partial charge is 0.270 e. The molecule has 0 radical (unpaired) electrons. The molecule has 1 heterocycles. The minimum atomic E-state index is -0.404. The van der Waals surface area contributed by atoms with E-state index in [-0.39, 0.29) is 5.91 Å². The van der Waals surface area contributed by atoms with Gasteiger partial charge in [0.25, 0.3) is 5.91 Å². The number of hydrogen-bond acceptors (Lipinski definition) is 4. The van der Waals surface area contributed by atoms with Crippen molar-refractivity contribution in [2.24, 2.45) is 0 Å². The van der Waals surface area contributed by atoms with E-state index in [2.05, 4.69) is 4.90 Å². The van der Waals surface area contributed by atoms with Crippen LogP contribution in [0.25, 0.3) is 6.08 Å². The number of nitrogens with zero attached hydrogens (tertiary/aromatic N) is 2. The summed E-state index contributed by atoms with van der Waals surface area (Å²) < 4.78 is 13.9. The van der Waals surface area contributed by atoms with Gasteiger partial charge in [-0.25, -0.2) is 4.39 Å². The fraction of sp³-hybridized carbons (Fsp3) is 0.0435. The number of anilines is 3. The van der Waals surface area contributed by atoms with E-state index in [0.717, 1.165) is 16.9 Å². The molecule has 1 saturated heterocycles. The molecule has 0 atom stereocenters. The summed E-state index contributed by atoms with van der Waals surface area (Å²) in [5.41, 5.74) is 3.47. The standard InChI is InChI=1S/C23H17FN2OS2/c1-25(18-7-3-2-4-8-18)19-12-10-16(11-13-19)14-21-22(27)26(23(28)29-21)20-9-5-6-17(24)15-20/h2-15H,1H3/b21-14-. The summed E-state index contributed by atoms with van der Waals surface area (Å²) in [6.07, 6.45) is 1.81. The molecule has 1 aliphatic rings. The highest BCUT2D eigenvalue weighted by Gasteiger charge is 2.33. The van der Waals surface area contributed by atoms with Crippen LogP contribution in [0.3, 0.4) is 0 Å². The van der Waals surface area contributed by atoms with E-state index >= 15 is 0 Å². The third-order valence-corrected chi connectivity index (χ3v) is 5.88. The Balaban J connectivity index is 1.55. The number of benzene rings is 3. The van der Waals surface area contributed by atoms with Gasteiger partial charge in [0.2, 0.25) is 0 Å². The van der Waals surface area contributed by atoms with Crippen molar-refractivity contribution in [1.82, 2.24) is 0 Å². The van der Waals surface area contributed by atoms with E-state index < -0.39 is 5.82 Å². The molecule has 0 saturated carbocycles. The highest BCUT2D eigenvalue weighted by molar-refractivity contribution is 8.27. The molecule has 144 valence electrons. The van der Waals surface area contributed by atoms with Gasteiger partial charge >= 0.3 is 0 Å². The lowest BCUT2D eigenvalue weighted by atomic mass is 10.1. The number of thiocarbonyl (C=S) groups is 1. The fourth-order valence-electron chi connectivity index (χ4n) is 3.05. The second kappa shape index (κ2) is 8.19. The first kappa shape index (κ1) is 19.4. The molecule has 0 aliphatic carbocycles. The van der Waals surface area contributed by atoms with Gasteiger partial charge in [0.05, 0.1) is 10.6 Å². The van der Waals surface area contributed by atoms with Crippen LogP contribution in [-0.2, 0) is 4.79 Å². The maximum Gasteiger partial charge on any atom is 0.270 e. The average molecular weight is 421 g/mol. The molecule has 0 aromatic heterocycles. The molecule has 0 unspecified atom stereocenters. The number of para-hydroxylation sites is 1. The van der Waals surface area contributed by atoms with Crippen LogP contribution in [0.4, 0.5) is 21.5 Å². The maximum atomic E-state index is 13.5. The van der Waals surface area contributed by atoms with Crippen molar-refractivity contribution in [3.05, 3.63) is 95.1 Å². The highest BCUT2D eigenvalue weighted by atomic mass is 32.2. The topological polar surface area (TPSA) is 23.6 Å². The number of carbonyl (C=O) groups excluding carboxylic acids is 1. The zero-order chi connectivity index (χ0) is 20.4. The molecule has 3 aromatic carbocycles. The average Bonchev–Trinajstić information content (AvgIpc) is 3.01. The van der Waals surface area contributed by atoms with Gasteiger partial charge in [-0.3, -0.25) is 9.69 Å². The molecule has 0 bridgehead atoms. The number of thioether (sulfide) groups is 1. The van der Waals surface area contributed by atoms with Crippen LogP contribution in [0.2, 0.25) is 0 Å². The number of halogens is 1. The molecule has 0 spiro atoms. The largest absolute Gasteiger partial charge is 0.345 e. The first-order valence-electron chi connectivity index (χ1n) is 8.95. The van der Waals surface area contributed by atoms with E-state index in [1.165, 1.54) is 28.8 Å². The Kier molecular flexibility index (Phi) is 5.47. The third kappa shape index (κ3) is 4.09. The quantitative estimate of drug-likeness (QED) is 0.382. The second-order valence-corrected chi connectivity index (χ2v) is 8.16. The fourth-order valence-corrected chi connectivity index (χ4v) is 4.35. The maximum absolute atomic E-state index is 13.5. The Bertz CT molecular complexity index is 1100. The number of hydrogen-bond donors (Lipinski definition) is 0. The molecule has 6 heteroatoms. The van der Waals surface area contributed by atoms with E-state index in [1.54, 1.807) is 12.1 Å². The predicted molar refractivity (Wildman–Crippen MR) is 123 cm³/mol. The Morgan fingerprint density at radius 1 is 0.966 bits per heavy atom. The van der Waals surface area contributed by atoms with Crippen LogP contribution in [0, 0.1) is 5.82 Å². The Morgan fingerprint density at radius 3 is 2.34 bits per heavy atom.